The molecule has 0 aliphatic heterocycles. The number of fused-ring (bicyclic) bond motifs is 5. The molecule has 360 valence electrons. The lowest BCUT2D eigenvalue weighted by Crippen LogP contribution is -2.20. The second kappa shape index (κ2) is 21.0. The quantitative estimate of drug-likeness (QED) is 0.145. The molecule has 0 unspecified atom stereocenters. The zero-order valence-corrected chi connectivity index (χ0v) is 42.8. The van der Waals surface area contributed by atoms with E-state index < -0.39 is 0 Å². The van der Waals surface area contributed by atoms with Gasteiger partial charge in [0.1, 0.15) is 17.1 Å². The van der Waals surface area contributed by atoms with Crippen LogP contribution in [0.25, 0.3) is 27.8 Å². The maximum Gasteiger partial charge on any atom is 0.258 e. The molecule has 14 heteroatoms. The van der Waals surface area contributed by atoms with Crippen LogP contribution in [0.3, 0.4) is 0 Å². The van der Waals surface area contributed by atoms with E-state index in [1.165, 1.54) is 6.07 Å². The van der Waals surface area contributed by atoms with Crippen LogP contribution in [0, 0.1) is 104 Å². The molecule has 10 aromatic heterocycles. The molecule has 0 radical (unpaired) electrons. The monoisotopic (exact) mass is 939 g/mol. The number of hydrogen-bond donors (Lipinski definition) is 0. The summed E-state index contributed by atoms with van der Waals surface area (Å²) in [6, 6.07) is 21.7. The number of aromatic nitrogens is 9. The Kier molecular flexibility index (Phi) is 15.4. The van der Waals surface area contributed by atoms with Crippen molar-refractivity contribution in [3.05, 3.63) is 234 Å². The summed E-state index contributed by atoms with van der Waals surface area (Å²) < 4.78 is 8.43. The first-order chi connectivity index (χ1) is 33.0. The van der Waals surface area contributed by atoms with Crippen molar-refractivity contribution in [1.82, 2.24) is 41.9 Å². The summed E-state index contributed by atoms with van der Waals surface area (Å²) in [6.07, 6.45) is 6.82. The second-order valence-corrected chi connectivity index (χ2v) is 17.8. The summed E-state index contributed by atoms with van der Waals surface area (Å²) >= 11 is 0. The lowest BCUT2D eigenvalue weighted by Gasteiger charge is -2.11. The normalized spacial score (nSPS) is 10.8. The Labute approximate surface area is 405 Å². The predicted octanol–water partition coefficient (Wildman–Crippen LogP) is 8.70. The van der Waals surface area contributed by atoms with Crippen molar-refractivity contribution in [2.75, 3.05) is 0 Å². The molecule has 10 rings (SSSR count). The van der Waals surface area contributed by atoms with Gasteiger partial charge in [0.15, 0.2) is 0 Å². The van der Waals surface area contributed by atoms with E-state index in [2.05, 4.69) is 26.0 Å². The van der Waals surface area contributed by atoms with Gasteiger partial charge in [-0.2, -0.15) is 0 Å². The molecule has 0 aromatic carbocycles. The first-order valence-electron chi connectivity index (χ1n) is 22.9. The van der Waals surface area contributed by atoms with Gasteiger partial charge in [0.05, 0.1) is 22.2 Å². The maximum absolute atomic E-state index is 12.0. The molecule has 0 saturated carbocycles. The van der Waals surface area contributed by atoms with Crippen molar-refractivity contribution in [1.29, 1.82) is 0 Å². The van der Waals surface area contributed by atoms with Crippen molar-refractivity contribution in [3.8, 4) is 0 Å². The SMILES string of the molecule is Cc1cc(=O)n2c(C)ncc(C)c2c1C.Cc1cc(C)c2c(C)ncc(C)n2c1=O.Cc1ccc(=O)n2c(C)ccnc12.Cc1ccc(C)n2c(=O)ccc(C)c12.Cc1ccc(C)n2c(=O)ccnc12. The van der Waals surface area contributed by atoms with Crippen LogP contribution in [0.2, 0.25) is 0 Å². The molecule has 0 aliphatic rings. The van der Waals surface area contributed by atoms with Gasteiger partial charge >= 0.3 is 0 Å². The van der Waals surface area contributed by atoms with E-state index in [-0.39, 0.29) is 27.8 Å². The van der Waals surface area contributed by atoms with Crippen molar-refractivity contribution in [2.45, 2.75) is 104 Å². The topological polar surface area (TPSA) is 159 Å². The maximum atomic E-state index is 12.0. The number of pyridine rings is 6. The Morgan fingerprint density at radius 1 is 0.329 bits per heavy atom. The lowest BCUT2D eigenvalue weighted by molar-refractivity contribution is 0.925. The molecular weight excluding hydrogens is 879 g/mol. The first kappa shape index (κ1) is 51.3. The zero-order valence-electron chi connectivity index (χ0n) is 42.8. The van der Waals surface area contributed by atoms with Crippen molar-refractivity contribution >= 4 is 27.8 Å². The van der Waals surface area contributed by atoms with Gasteiger partial charge in [-0.3, -0.25) is 51.0 Å². The third kappa shape index (κ3) is 10.3. The Morgan fingerprint density at radius 3 is 1.41 bits per heavy atom. The summed E-state index contributed by atoms with van der Waals surface area (Å²) in [4.78, 5) is 75.3. The number of nitrogens with zero attached hydrogens (tertiary/aromatic N) is 9. The van der Waals surface area contributed by atoms with Gasteiger partial charge in [0.25, 0.3) is 27.8 Å². The van der Waals surface area contributed by atoms with Crippen LogP contribution < -0.4 is 27.8 Å². The van der Waals surface area contributed by atoms with Crippen molar-refractivity contribution < 1.29 is 0 Å². The van der Waals surface area contributed by atoms with Gasteiger partial charge < -0.3 is 0 Å². The van der Waals surface area contributed by atoms with Crippen molar-refractivity contribution in [2.24, 2.45) is 0 Å². The van der Waals surface area contributed by atoms with E-state index in [0.717, 1.165) is 112 Å². The van der Waals surface area contributed by atoms with Gasteiger partial charge in [-0.15, -0.1) is 0 Å². The van der Waals surface area contributed by atoms with E-state index in [9.17, 15) is 24.0 Å². The molecule has 0 aliphatic carbocycles. The van der Waals surface area contributed by atoms with Crippen LogP contribution in [0.5, 0.6) is 0 Å². The standard InChI is InChI=1S/2C12H14N2O.C12H13NO.2C10H10N2O/c1-7-5-11(15)14-10(4)13-6-8(2)12(14)9(7)3;1-7-5-8(2)12(15)14-9(3)6-13-10(4)11(7)14;1-8-4-6-10(3)13-11(14)7-5-9(2)12(8)13;1-7-3-4-9(13)12-8(2)5-6-11-10(7)12;1-7-3-4-8(2)12-9(13)5-6-11-10(7)12/h2*5-6H,1-4H3;4-7H,1-3H3;2*3-6H,1-2H3. The summed E-state index contributed by atoms with van der Waals surface area (Å²) in [5.74, 6) is 0.740. The predicted molar refractivity (Wildman–Crippen MR) is 281 cm³/mol. The molecule has 0 N–H and O–H groups in total. The minimum Gasteiger partial charge on any atom is -0.281 e. The smallest absolute Gasteiger partial charge is 0.258 e. The summed E-state index contributed by atoms with van der Waals surface area (Å²) in [7, 11) is 0. The number of hydrogen-bond acceptors (Lipinski definition) is 9. The zero-order chi connectivity index (χ0) is 51.5. The summed E-state index contributed by atoms with van der Waals surface area (Å²) in [5, 5.41) is 0. The van der Waals surface area contributed by atoms with Crippen LogP contribution in [0.1, 0.15) is 84.4 Å². The molecule has 14 nitrogen and oxygen atoms in total. The molecule has 0 saturated heterocycles. The van der Waals surface area contributed by atoms with E-state index in [0.29, 0.717) is 0 Å². The van der Waals surface area contributed by atoms with Gasteiger partial charge in [-0.05, 0) is 173 Å². The Balaban J connectivity index is 0.000000144. The van der Waals surface area contributed by atoms with E-state index in [1.807, 2.05) is 146 Å². The Morgan fingerprint density at radius 2 is 0.829 bits per heavy atom. The highest BCUT2D eigenvalue weighted by Crippen LogP contribution is 2.18. The van der Waals surface area contributed by atoms with Crippen molar-refractivity contribution in [3.63, 3.8) is 0 Å². The van der Waals surface area contributed by atoms with E-state index >= 15 is 0 Å². The summed E-state index contributed by atoms with van der Waals surface area (Å²) in [6.45, 7) is 29.2. The van der Waals surface area contributed by atoms with Gasteiger partial charge in [-0.1, -0.05) is 24.3 Å². The number of aryl methyl sites for hydroxylation is 15. The van der Waals surface area contributed by atoms with Gasteiger partial charge in [0.2, 0.25) is 0 Å². The van der Waals surface area contributed by atoms with Crippen LogP contribution in [-0.4, -0.2) is 41.9 Å². The Bertz CT molecular complexity index is 3920. The fraction of sp³-hybridized carbons (Fsp3) is 0.268. The molecule has 0 fully saturated rings. The van der Waals surface area contributed by atoms with Crippen LogP contribution >= 0.6 is 0 Å². The van der Waals surface area contributed by atoms with Gasteiger partial charge in [0, 0.05) is 77.4 Å². The molecule has 0 atom stereocenters. The molecular formula is C56H61N9O5. The lowest BCUT2D eigenvalue weighted by atomic mass is 10.1. The highest BCUT2D eigenvalue weighted by atomic mass is 16.1. The largest absolute Gasteiger partial charge is 0.281 e. The van der Waals surface area contributed by atoms with Gasteiger partial charge in [-0.25, -0.2) is 15.0 Å². The number of rotatable bonds is 0. The van der Waals surface area contributed by atoms with Crippen LogP contribution in [0.4, 0.5) is 0 Å². The Hall–Kier alpha value is -8.13. The van der Waals surface area contributed by atoms with Crippen LogP contribution in [0.15, 0.2) is 122 Å². The van der Waals surface area contributed by atoms with E-state index in [1.54, 1.807) is 64.9 Å². The third-order valence-electron chi connectivity index (χ3n) is 12.4. The van der Waals surface area contributed by atoms with E-state index in [4.69, 9.17) is 0 Å². The highest BCUT2D eigenvalue weighted by molar-refractivity contribution is 5.62. The first-order valence-corrected chi connectivity index (χ1v) is 22.9. The molecule has 10 aromatic rings. The molecule has 70 heavy (non-hydrogen) atoms. The van der Waals surface area contributed by atoms with Crippen LogP contribution in [-0.2, 0) is 0 Å². The average molecular weight is 940 g/mol. The average Bonchev–Trinajstić information content (AvgIpc) is 3.31. The molecule has 0 spiro atoms. The minimum absolute atomic E-state index is 0.00167. The fourth-order valence-electron chi connectivity index (χ4n) is 8.64. The minimum atomic E-state index is -0.0220. The summed E-state index contributed by atoms with van der Waals surface area (Å²) in [5.41, 5.74) is 18.5. The highest BCUT2D eigenvalue weighted by Gasteiger charge is 2.11. The second-order valence-electron chi connectivity index (χ2n) is 17.8. The molecule has 0 bridgehead atoms. The molecule has 10 heterocycles. The molecule has 0 amide bonds. The third-order valence-corrected chi connectivity index (χ3v) is 12.4. The fourth-order valence-corrected chi connectivity index (χ4v) is 8.64.